The second kappa shape index (κ2) is 12.4. The highest BCUT2D eigenvalue weighted by molar-refractivity contribution is 5.38. The molecule has 26 heavy (non-hydrogen) atoms. The van der Waals surface area contributed by atoms with Crippen molar-refractivity contribution in [2.45, 2.75) is 19.3 Å². The highest BCUT2D eigenvalue weighted by Crippen LogP contribution is 2.19. The maximum Gasteiger partial charge on any atom is 0.323 e. The van der Waals surface area contributed by atoms with Crippen molar-refractivity contribution < 1.29 is 14.2 Å². The van der Waals surface area contributed by atoms with Crippen LogP contribution in [-0.2, 0) is 9.47 Å². The molecule has 0 spiro atoms. The molecule has 1 aliphatic rings. The second-order valence-corrected chi connectivity index (χ2v) is 5.83. The Bertz CT molecular complexity index is 525. The van der Waals surface area contributed by atoms with Crippen LogP contribution in [0.3, 0.4) is 0 Å². The van der Waals surface area contributed by atoms with Crippen molar-refractivity contribution in [2.24, 2.45) is 5.73 Å². The number of nitrogens with zero attached hydrogens (tertiary/aromatic N) is 4. The molecule has 9 heteroatoms. The lowest BCUT2D eigenvalue weighted by molar-refractivity contribution is 0.0547. The number of nitrogens with two attached hydrogens (primary N) is 1. The number of rotatable bonds is 13. The molecule has 9 nitrogen and oxygen atoms in total. The van der Waals surface area contributed by atoms with E-state index >= 15 is 0 Å². The summed E-state index contributed by atoms with van der Waals surface area (Å²) < 4.78 is 16.2. The topological polar surface area (TPSA) is 108 Å². The van der Waals surface area contributed by atoms with Gasteiger partial charge in [0, 0.05) is 26.2 Å². The van der Waals surface area contributed by atoms with Crippen LogP contribution >= 0.6 is 0 Å². The fourth-order valence-corrected chi connectivity index (χ4v) is 2.50. The van der Waals surface area contributed by atoms with Gasteiger partial charge in [-0.2, -0.15) is 15.0 Å². The summed E-state index contributed by atoms with van der Waals surface area (Å²) in [4.78, 5) is 15.4. The van der Waals surface area contributed by atoms with E-state index in [4.69, 9.17) is 19.9 Å². The largest absolute Gasteiger partial charge is 0.459 e. The number of nitrogens with one attached hydrogen (secondary N) is 1. The highest BCUT2D eigenvalue weighted by Gasteiger charge is 2.16. The molecule has 146 valence electrons. The number of hydrogen-bond acceptors (Lipinski definition) is 9. The van der Waals surface area contributed by atoms with Crippen LogP contribution in [0.5, 0.6) is 6.01 Å². The average Bonchev–Trinajstić information content (AvgIpc) is 2.69. The second-order valence-electron chi connectivity index (χ2n) is 5.83. The lowest BCUT2D eigenvalue weighted by atomic mass is 10.1. The van der Waals surface area contributed by atoms with E-state index in [1.807, 2.05) is 0 Å². The number of hydrogen-bond donors (Lipinski definition) is 2. The Kier molecular flexibility index (Phi) is 9.70. The van der Waals surface area contributed by atoms with Crippen LogP contribution in [0.2, 0.25) is 0 Å². The predicted molar refractivity (Wildman–Crippen MR) is 101 cm³/mol. The predicted octanol–water partition coefficient (Wildman–Crippen LogP) is 0.831. The number of anilines is 2. The first-order valence-electron chi connectivity index (χ1n) is 9.17. The third-order valence-electron chi connectivity index (χ3n) is 3.74. The zero-order valence-corrected chi connectivity index (χ0v) is 15.4. The molecule has 0 amide bonds. The van der Waals surface area contributed by atoms with E-state index in [1.165, 1.54) is 6.42 Å². The molecule has 1 aromatic heterocycles. The van der Waals surface area contributed by atoms with Gasteiger partial charge in [-0.3, -0.25) is 0 Å². The van der Waals surface area contributed by atoms with Crippen molar-refractivity contribution in [1.82, 2.24) is 15.0 Å². The molecule has 0 bridgehead atoms. The molecule has 0 aromatic carbocycles. The highest BCUT2D eigenvalue weighted by atomic mass is 16.5. The first kappa shape index (κ1) is 20.3. The van der Waals surface area contributed by atoms with Gasteiger partial charge in [0.05, 0.1) is 26.4 Å². The molecule has 1 fully saturated rings. The van der Waals surface area contributed by atoms with Gasteiger partial charge in [-0.05, 0) is 19.3 Å². The van der Waals surface area contributed by atoms with E-state index in [9.17, 15) is 0 Å². The van der Waals surface area contributed by atoms with Crippen LogP contribution in [0, 0.1) is 0 Å². The molecule has 0 saturated carbocycles. The number of aromatic nitrogens is 3. The molecule has 0 atom stereocenters. The van der Waals surface area contributed by atoms with Crippen LogP contribution in [0.4, 0.5) is 11.9 Å². The van der Waals surface area contributed by atoms with Crippen molar-refractivity contribution in [2.75, 3.05) is 69.4 Å². The summed E-state index contributed by atoms with van der Waals surface area (Å²) in [5, 5.41) is 3.16. The fourth-order valence-electron chi connectivity index (χ4n) is 2.50. The Labute approximate surface area is 154 Å². The molecular formula is C17H30N6O3. The lowest BCUT2D eigenvalue weighted by Crippen LogP contribution is -2.31. The Morgan fingerprint density at radius 1 is 1.04 bits per heavy atom. The molecule has 3 N–H and O–H groups in total. The minimum absolute atomic E-state index is 0.305. The van der Waals surface area contributed by atoms with Crippen molar-refractivity contribution in [3.05, 3.63) is 12.7 Å². The zero-order valence-electron chi connectivity index (χ0n) is 15.4. The monoisotopic (exact) mass is 366 g/mol. The van der Waals surface area contributed by atoms with Gasteiger partial charge >= 0.3 is 6.01 Å². The first-order chi connectivity index (χ1) is 12.8. The van der Waals surface area contributed by atoms with Crippen LogP contribution < -0.4 is 20.7 Å². The lowest BCUT2D eigenvalue weighted by Gasteiger charge is -2.26. The summed E-state index contributed by atoms with van der Waals surface area (Å²) in [5.74, 6) is 1.14. The molecule has 1 saturated heterocycles. The van der Waals surface area contributed by atoms with E-state index in [0.717, 1.165) is 25.9 Å². The molecule has 2 rings (SSSR count). The van der Waals surface area contributed by atoms with E-state index in [1.54, 1.807) is 6.08 Å². The standard InChI is InChI=1S/C17H30N6O3/c1-2-10-26-17-21-15(19-7-12-25-14-13-24-11-6-18)20-16(22-17)23-8-4-3-5-9-23/h2H,1,3-14,18H2,(H,19,20,21,22). The molecule has 0 radical (unpaired) electrons. The SMILES string of the molecule is C=CCOc1nc(NCCOCCOCCN)nc(N2CCCCC2)n1. The Balaban J connectivity index is 1.84. The van der Waals surface area contributed by atoms with Crippen LogP contribution in [0.1, 0.15) is 19.3 Å². The van der Waals surface area contributed by atoms with Gasteiger partial charge in [-0.1, -0.05) is 12.7 Å². The fraction of sp³-hybridized carbons (Fsp3) is 0.706. The molecule has 0 unspecified atom stereocenters. The zero-order chi connectivity index (χ0) is 18.5. The van der Waals surface area contributed by atoms with Gasteiger partial charge in [0.1, 0.15) is 6.61 Å². The van der Waals surface area contributed by atoms with E-state index in [2.05, 4.69) is 31.7 Å². The summed E-state index contributed by atoms with van der Waals surface area (Å²) in [6, 6.07) is 0.305. The maximum atomic E-state index is 5.50. The smallest absolute Gasteiger partial charge is 0.323 e. The maximum absolute atomic E-state index is 5.50. The molecule has 0 aliphatic carbocycles. The molecule has 1 aliphatic heterocycles. The third kappa shape index (κ3) is 7.51. The average molecular weight is 366 g/mol. The van der Waals surface area contributed by atoms with Crippen molar-refractivity contribution >= 4 is 11.9 Å². The summed E-state index contributed by atoms with van der Waals surface area (Å²) in [6.45, 7) is 9.18. The van der Waals surface area contributed by atoms with Crippen molar-refractivity contribution in [3.8, 4) is 6.01 Å². The Morgan fingerprint density at radius 2 is 1.81 bits per heavy atom. The number of piperidine rings is 1. The van der Waals surface area contributed by atoms with Crippen molar-refractivity contribution in [3.63, 3.8) is 0 Å². The van der Waals surface area contributed by atoms with E-state index in [-0.39, 0.29) is 0 Å². The minimum atomic E-state index is 0.305. The van der Waals surface area contributed by atoms with Gasteiger partial charge in [0.15, 0.2) is 0 Å². The van der Waals surface area contributed by atoms with E-state index in [0.29, 0.717) is 64.0 Å². The molecule has 2 heterocycles. The van der Waals surface area contributed by atoms with Crippen molar-refractivity contribution in [1.29, 1.82) is 0 Å². The summed E-state index contributed by atoms with van der Waals surface area (Å²) in [7, 11) is 0. The van der Waals surface area contributed by atoms with Crippen LogP contribution in [0.25, 0.3) is 0 Å². The minimum Gasteiger partial charge on any atom is -0.459 e. The first-order valence-corrected chi connectivity index (χ1v) is 9.17. The van der Waals surface area contributed by atoms with E-state index < -0.39 is 0 Å². The van der Waals surface area contributed by atoms with Gasteiger partial charge in [0.2, 0.25) is 11.9 Å². The van der Waals surface area contributed by atoms with Gasteiger partial charge < -0.3 is 30.2 Å². The Hall–Kier alpha value is -1.97. The third-order valence-corrected chi connectivity index (χ3v) is 3.74. The van der Waals surface area contributed by atoms with Crippen LogP contribution in [0.15, 0.2) is 12.7 Å². The summed E-state index contributed by atoms with van der Waals surface area (Å²) >= 11 is 0. The molecule has 1 aromatic rings. The molecular weight excluding hydrogens is 336 g/mol. The summed E-state index contributed by atoms with van der Waals surface area (Å²) in [6.07, 6.45) is 5.21. The Morgan fingerprint density at radius 3 is 2.54 bits per heavy atom. The summed E-state index contributed by atoms with van der Waals surface area (Å²) in [5.41, 5.74) is 5.35. The number of ether oxygens (including phenoxy) is 3. The van der Waals surface area contributed by atoms with Gasteiger partial charge in [-0.25, -0.2) is 0 Å². The van der Waals surface area contributed by atoms with Crippen LogP contribution in [-0.4, -0.2) is 74.2 Å². The normalized spacial score (nSPS) is 14.3. The van der Waals surface area contributed by atoms with Gasteiger partial charge in [0.25, 0.3) is 0 Å². The quantitative estimate of drug-likeness (QED) is 0.387. The van der Waals surface area contributed by atoms with Gasteiger partial charge in [-0.15, -0.1) is 0 Å².